The smallest absolute Gasteiger partial charge is 0.316 e. The van der Waals surface area contributed by atoms with E-state index in [2.05, 4.69) is 31.0 Å². The molecule has 28 heavy (non-hydrogen) atoms. The molecule has 1 fully saturated rings. The first-order valence-electron chi connectivity index (χ1n) is 9.13. The Balaban J connectivity index is 1.28. The number of anilines is 2. The largest absolute Gasteiger partial charge is 0.459 e. The highest BCUT2D eigenvalue weighted by molar-refractivity contribution is 5.45. The predicted molar refractivity (Wildman–Crippen MR) is 97.3 cm³/mol. The topological polar surface area (TPSA) is 128 Å². The van der Waals surface area contributed by atoms with E-state index < -0.39 is 0 Å². The highest BCUT2D eigenvalue weighted by Crippen LogP contribution is 2.27. The van der Waals surface area contributed by atoms with Gasteiger partial charge < -0.3 is 28.3 Å². The summed E-state index contributed by atoms with van der Waals surface area (Å²) < 4.78 is 21.9. The van der Waals surface area contributed by atoms with Crippen molar-refractivity contribution in [2.75, 3.05) is 10.6 Å². The van der Waals surface area contributed by atoms with Gasteiger partial charge in [-0.2, -0.15) is 0 Å². The van der Waals surface area contributed by atoms with E-state index in [9.17, 15) is 0 Å². The lowest BCUT2D eigenvalue weighted by molar-refractivity contribution is 0.404. The minimum absolute atomic E-state index is 0.0811. The molecule has 1 aliphatic carbocycles. The molecule has 1 aliphatic rings. The molecule has 10 nitrogen and oxygen atoms in total. The molecule has 4 heterocycles. The van der Waals surface area contributed by atoms with Crippen LogP contribution in [0.5, 0.6) is 0 Å². The maximum Gasteiger partial charge on any atom is 0.316 e. The van der Waals surface area contributed by atoms with Crippen molar-refractivity contribution in [2.45, 2.75) is 37.8 Å². The van der Waals surface area contributed by atoms with Gasteiger partial charge >= 0.3 is 12.0 Å². The SMILES string of the molecule is c1coc(-c2nnc(N[C@@H]3CCCC[C@H]3Nc3nnc(-c4ccco4)o3)o2)c1. The molecule has 4 aromatic rings. The standard InChI is InChI=1S/C18H18N6O4/c1-2-6-12(20-18-24-22-16(28-18)14-8-4-10-26-14)11(5-1)19-17-23-21-15(27-17)13-7-3-9-25-13/h3-4,7-12H,1-2,5-6H2,(H,19,23)(H,20,24)/t11-,12-/m1/s1. The Morgan fingerprint density at radius 2 is 1.21 bits per heavy atom. The quantitative estimate of drug-likeness (QED) is 0.508. The number of hydrogen-bond donors (Lipinski definition) is 2. The first-order chi connectivity index (χ1) is 13.8. The number of nitrogens with zero attached hydrogens (tertiary/aromatic N) is 4. The van der Waals surface area contributed by atoms with Crippen molar-refractivity contribution in [2.24, 2.45) is 0 Å². The fourth-order valence-electron chi connectivity index (χ4n) is 3.36. The van der Waals surface area contributed by atoms with E-state index in [0.717, 1.165) is 25.7 Å². The molecular formula is C18H18N6O4. The van der Waals surface area contributed by atoms with Crippen molar-refractivity contribution in [3.05, 3.63) is 36.8 Å². The Morgan fingerprint density at radius 3 is 1.64 bits per heavy atom. The van der Waals surface area contributed by atoms with Crippen LogP contribution in [0.2, 0.25) is 0 Å². The van der Waals surface area contributed by atoms with Crippen LogP contribution in [-0.4, -0.2) is 32.5 Å². The van der Waals surface area contributed by atoms with E-state index in [1.165, 1.54) is 0 Å². The van der Waals surface area contributed by atoms with Gasteiger partial charge in [0.25, 0.3) is 11.8 Å². The van der Waals surface area contributed by atoms with Gasteiger partial charge in [0.05, 0.1) is 24.6 Å². The van der Waals surface area contributed by atoms with Crippen LogP contribution < -0.4 is 10.6 Å². The highest BCUT2D eigenvalue weighted by Gasteiger charge is 2.28. The van der Waals surface area contributed by atoms with Crippen molar-refractivity contribution < 1.29 is 17.7 Å². The molecule has 2 N–H and O–H groups in total. The number of rotatable bonds is 6. The lowest BCUT2D eigenvalue weighted by Gasteiger charge is -2.31. The van der Waals surface area contributed by atoms with Crippen LogP contribution in [0.1, 0.15) is 25.7 Å². The van der Waals surface area contributed by atoms with Gasteiger partial charge in [-0.15, -0.1) is 10.2 Å². The Morgan fingerprint density at radius 1 is 0.714 bits per heavy atom. The van der Waals surface area contributed by atoms with Gasteiger partial charge in [0.15, 0.2) is 11.5 Å². The normalized spacial score (nSPS) is 19.6. The Bertz CT molecular complexity index is 924. The monoisotopic (exact) mass is 382 g/mol. The van der Waals surface area contributed by atoms with Crippen molar-refractivity contribution in [3.63, 3.8) is 0 Å². The minimum atomic E-state index is 0.0811. The van der Waals surface area contributed by atoms with E-state index in [1.54, 1.807) is 36.8 Å². The third kappa shape index (κ3) is 3.36. The molecule has 0 saturated heterocycles. The summed E-state index contributed by atoms with van der Waals surface area (Å²) in [5.74, 6) is 1.76. The Labute approximate surface area is 159 Å². The maximum atomic E-state index is 5.66. The number of nitrogens with one attached hydrogen (secondary N) is 2. The van der Waals surface area contributed by atoms with Crippen LogP contribution >= 0.6 is 0 Å². The molecule has 0 spiro atoms. The summed E-state index contributed by atoms with van der Waals surface area (Å²) in [4.78, 5) is 0. The van der Waals surface area contributed by atoms with Crippen LogP contribution in [0.25, 0.3) is 23.3 Å². The summed E-state index contributed by atoms with van der Waals surface area (Å²) >= 11 is 0. The molecule has 0 bridgehead atoms. The number of hydrogen-bond acceptors (Lipinski definition) is 10. The van der Waals surface area contributed by atoms with Gasteiger partial charge in [0.1, 0.15) is 0 Å². The van der Waals surface area contributed by atoms with Crippen molar-refractivity contribution in [1.29, 1.82) is 0 Å². The van der Waals surface area contributed by atoms with Crippen molar-refractivity contribution in [1.82, 2.24) is 20.4 Å². The fourth-order valence-corrected chi connectivity index (χ4v) is 3.36. The second-order valence-electron chi connectivity index (χ2n) is 6.57. The van der Waals surface area contributed by atoms with Gasteiger partial charge in [0, 0.05) is 0 Å². The van der Waals surface area contributed by atoms with Crippen LogP contribution in [0, 0.1) is 0 Å². The molecule has 0 amide bonds. The highest BCUT2D eigenvalue weighted by atomic mass is 16.4. The Hall–Kier alpha value is -3.56. The summed E-state index contributed by atoms with van der Waals surface area (Å²) in [6, 6.07) is 7.96. The van der Waals surface area contributed by atoms with Crippen LogP contribution in [-0.2, 0) is 0 Å². The number of furan rings is 2. The third-order valence-electron chi connectivity index (χ3n) is 4.70. The van der Waals surface area contributed by atoms with Gasteiger partial charge in [-0.25, -0.2) is 0 Å². The number of aromatic nitrogens is 4. The van der Waals surface area contributed by atoms with E-state index in [4.69, 9.17) is 17.7 Å². The van der Waals surface area contributed by atoms with E-state index in [-0.39, 0.29) is 12.1 Å². The summed E-state index contributed by atoms with van der Waals surface area (Å²) in [6.07, 6.45) is 7.25. The average Bonchev–Trinajstić information content (AvgIpc) is 3.50. The fraction of sp³-hybridized carbons (Fsp3) is 0.333. The molecule has 4 aromatic heterocycles. The minimum Gasteiger partial charge on any atom is -0.459 e. The summed E-state index contributed by atoms with van der Waals surface area (Å²) in [7, 11) is 0. The zero-order valence-corrected chi connectivity index (χ0v) is 14.9. The third-order valence-corrected chi connectivity index (χ3v) is 4.70. The molecule has 0 aromatic carbocycles. The Kier molecular flexibility index (Phi) is 4.28. The predicted octanol–water partition coefficient (Wildman–Crippen LogP) is 3.81. The molecule has 0 radical (unpaired) electrons. The molecule has 2 atom stereocenters. The van der Waals surface area contributed by atoms with Gasteiger partial charge in [-0.3, -0.25) is 0 Å². The molecule has 5 rings (SSSR count). The average molecular weight is 382 g/mol. The molecule has 0 aliphatic heterocycles. The molecule has 1 saturated carbocycles. The van der Waals surface area contributed by atoms with E-state index in [0.29, 0.717) is 35.3 Å². The first kappa shape index (κ1) is 16.6. The van der Waals surface area contributed by atoms with Crippen molar-refractivity contribution >= 4 is 12.0 Å². The van der Waals surface area contributed by atoms with Crippen LogP contribution in [0.3, 0.4) is 0 Å². The van der Waals surface area contributed by atoms with Gasteiger partial charge in [-0.1, -0.05) is 23.0 Å². The molecule has 144 valence electrons. The molecule has 0 unspecified atom stereocenters. The van der Waals surface area contributed by atoms with Gasteiger partial charge in [0.2, 0.25) is 0 Å². The zero-order valence-electron chi connectivity index (χ0n) is 14.9. The summed E-state index contributed by atoms with van der Waals surface area (Å²) in [6.45, 7) is 0. The summed E-state index contributed by atoms with van der Waals surface area (Å²) in [5, 5.41) is 22.8. The van der Waals surface area contributed by atoms with Crippen LogP contribution in [0.15, 0.2) is 54.5 Å². The lowest BCUT2D eigenvalue weighted by Crippen LogP contribution is -2.41. The van der Waals surface area contributed by atoms with E-state index >= 15 is 0 Å². The first-order valence-corrected chi connectivity index (χ1v) is 9.13. The maximum absolute atomic E-state index is 5.66. The van der Waals surface area contributed by atoms with Gasteiger partial charge in [-0.05, 0) is 37.1 Å². The lowest BCUT2D eigenvalue weighted by atomic mass is 9.90. The molecule has 10 heteroatoms. The van der Waals surface area contributed by atoms with E-state index in [1.807, 2.05) is 0 Å². The van der Waals surface area contributed by atoms with Crippen molar-refractivity contribution in [3.8, 4) is 23.3 Å². The van der Waals surface area contributed by atoms with Crippen LogP contribution in [0.4, 0.5) is 12.0 Å². The summed E-state index contributed by atoms with van der Waals surface area (Å²) in [5.41, 5.74) is 0. The second-order valence-corrected chi connectivity index (χ2v) is 6.57. The second kappa shape index (κ2) is 7.22. The molecular weight excluding hydrogens is 364 g/mol. The zero-order chi connectivity index (χ0) is 18.8.